The van der Waals surface area contributed by atoms with Gasteiger partial charge in [0.1, 0.15) is 29.3 Å². The van der Waals surface area contributed by atoms with Crippen molar-refractivity contribution >= 4 is 28.6 Å². The molecule has 2 rings (SSSR count). The summed E-state index contributed by atoms with van der Waals surface area (Å²) in [5.74, 6) is -0.310. The molecule has 0 bridgehead atoms. The van der Waals surface area contributed by atoms with Crippen LogP contribution in [0.5, 0.6) is 0 Å². The zero-order chi connectivity index (χ0) is 13.3. The van der Waals surface area contributed by atoms with Crippen molar-refractivity contribution < 1.29 is 9.53 Å². The third-order valence-electron chi connectivity index (χ3n) is 2.23. The van der Waals surface area contributed by atoms with Crippen LogP contribution in [-0.4, -0.2) is 26.1 Å². The molecule has 0 radical (unpaired) electrons. The number of carbonyl (C=O) groups excluding carboxylic acids is 1. The predicted molar refractivity (Wildman–Crippen MR) is 68.4 cm³/mol. The van der Waals surface area contributed by atoms with Crippen LogP contribution in [0.4, 0.5) is 0 Å². The summed E-state index contributed by atoms with van der Waals surface area (Å²) in [6.07, 6.45) is 3.12. The van der Waals surface area contributed by atoms with Crippen molar-refractivity contribution in [2.45, 2.75) is 32.9 Å². The van der Waals surface area contributed by atoms with E-state index in [-0.39, 0.29) is 12.5 Å². The van der Waals surface area contributed by atoms with E-state index in [0.29, 0.717) is 10.8 Å². The zero-order valence-electron chi connectivity index (χ0n) is 10.5. The molecule has 0 aliphatic heterocycles. The summed E-state index contributed by atoms with van der Waals surface area (Å²) in [4.78, 5) is 19.7. The Balaban J connectivity index is 2.23. The van der Waals surface area contributed by atoms with Gasteiger partial charge in [-0.25, -0.2) is 9.97 Å². The van der Waals surface area contributed by atoms with E-state index < -0.39 is 5.60 Å². The summed E-state index contributed by atoms with van der Waals surface area (Å²) < 4.78 is 6.95. The number of fused-ring (bicyclic) bond motifs is 1. The predicted octanol–water partition coefficient (Wildman–Crippen LogP) is 2.43. The van der Waals surface area contributed by atoms with Crippen LogP contribution in [0, 0.1) is 0 Å². The van der Waals surface area contributed by atoms with Gasteiger partial charge in [-0.1, -0.05) is 11.6 Å². The molecule has 5 nitrogen and oxygen atoms in total. The van der Waals surface area contributed by atoms with Gasteiger partial charge < -0.3 is 9.30 Å². The number of aromatic nitrogens is 3. The number of ether oxygens (including phenoxy) is 1. The molecule has 0 saturated heterocycles. The van der Waals surface area contributed by atoms with Gasteiger partial charge in [-0.2, -0.15) is 0 Å². The number of nitrogens with zero attached hydrogens (tertiary/aromatic N) is 3. The summed E-state index contributed by atoms with van der Waals surface area (Å²) in [6.45, 7) is 5.60. The smallest absolute Gasteiger partial charge is 0.326 e. The molecular weight excluding hydrogens is 254 g/mol. The van der Waals surface area contributed by atoms with Gasteiger partial charge in [0.05, 0.1) is 5.39 Å². The van der Waals surface area contributed by atoms with E-state index in [9.17, 15) is 4.79 Å². The highest BCUT2D eigenvalue weighted by Gasteiger charge is 2.17. The highest BCUT2D eigenvalue weighted by Crippen LogP contribution is 2.20. The van der Waals surface area contributed by atoms with Crippen LogP contribution in [0.2, 0.25) is 5.15 Å². The second-order valence-corrected chi connectivity index (χ2v) is 5.29. The summed E-state index contributed by atoms with van der Waals surface area (Å²) >= 11 is 5.93. The van der Waals surface area contributed by atoms with Gasteiger partial charge in [0, 0.05) is 6.20 Å². The molecule has 2 aromatic heterocycles. The molecule has 0 saturated carbocycles. The number of esters is 1. The summed E-state index contributed by atoms with van der Waals surface area (Å²) in [6, 6.07) is 1.78. The molecule has 0 amide bonds. The van der Waals surface area contributed by atoms with Crippen molar-refractivity contribution in [1.82, 2.24) is 14.5 Å². The fraction of sp³-hybridized carbons (Fsp3) is 0.417. The van der Waals surface area contributed by atoms with Crippen molar-refractivity contribution in [1.29, 1.82) is 0 Å². The lowest BCUT2D eigenvalue weighted by molar-refractivity contribution is -0.155. The minimum Gasteiger partial charge on any atom is -0.459 e. The van der Waals surface area contributed by atoms with Gasteiger partial charge in [-0.3, -0.25) is 4.79 Å². The molecule has 0 aliphatic carbocycles. The summed E-state index contributed by atoms with van der Waals surface area (Å²) in [7, 11) is 0. The molecule has 2 heterocycles. The normalized spacial score (nSPS) is 11.8. The van der Waals surface area contributed by atoms with Crippen LogP contribution in [-0.2, 0) is 16.1 Å². The molecule has 0 N–H and O–H groups in total. The fourth-order valence-corrected chi connectivity index (χ4v) is 1.80. The number of hydrogen-bond acceptors (Lipinski definition) is 4. The van der Waals surface area contributed by atoms with Crippen molar-refractivity contribution in [2.24, 2.45) is 0 Å². The summed E-state index contributed by atoms with van der Waals surface area (Å²) in [5, 5.41) is 1.10. The van der Waals surface area contributed by atoms with Crippen LogP contribution in [0.25, 0.3) is 11.0 Å². The van der Waals surface area contributed by atoms with E-state index in [1.807, 2.05) is 20.8 Å². The maximum atomic E-state index is 11.7. The molecule has 2 aromatic rings. The van der Waals surface area contributed by atoms with Gasteiger partial charge in [0.15, 0.2) is 0 Å². The highest BCUT2D eigenvalue weighted by atomic mass is 35.5. The Morgan fingerprint density at radius 3 is 2.83 bits per heavy atom. The third-order valence-corrected chi connectivity index (χ3v) is 2.53. The van der Waals surface area contributed by atoms with Crippen molar-refractivity contribution in [3.8, 4) is 0 Å². The first-order valence-electron chi connectivity index (χ1n) is 5.54. The van der Waals surface area contributed by atoms with E-state index in [1.54, 1.807) is 16.8 Å². The molecular formula is C12H14ClN3O2. The molecule has 6 heteroatoms. The molecule has 96 valence electrons. The third kappa shape index (κ3) is 2.79. The maximum Gasteiger partial charge on any atom is 0.326 e. The number of carbonyl (C=O) groups is 1. The SMILES string of the molecule is CC(C)(C)OC(=O)Cn1ccc2c(Cl)ncnc21. The van der Waals surface area contributed by atoms with Crippen molar-refractivity contribution in [2.75, 3.05) is 0 Å². The van der Waals surface area contributed by atoms with E-state index >= 15 is 0 Å². The quantitative estimate of drug-likeness (QED) is 0.619. The van der Waals surface area contributed by atoms with Crippen LogP contribution in [0.1, 0.15) is 20.8 Å². The Labute approximate surface area is 110 Å². The van der Waals surface area contributed by atoms with Crippen molar-refractivity contribution in [3.05, 3.63) is 23.7 Å². The molecule has 0 spiro atoms. The monoisotopic (exact) mass is 267 g/mol. The van der Waals surface area contributed by atoms with Gasteiger partial charge >= 0.3 is 5.97 Å². The molecule has 0 fully saturated rings. The lowest BCUT2D eigenvalue weighted by Crippen LogP contribution is -2.26. The van der Waals surface area contributed by atoms with Gasteiger partial charge in [-0.15, -0.1) is 0 Å². The van der Waals surface area contributed by atoms with E-state index in [4.69, 9.17) is 16.3 Å². The van der Waals surface area contributed by atoms with Crippen LogP contribution < -0.4 is 0 Å². The maximum absolute atomic E-state index is 11.7. The van der Waals surface area contributed by atoms with E-state index in [0.717, 1.165) is 5.39 Å². The lowest BCUT2D eigenvalue weighted by atomic mass is 10.2. The fourth-order valence-electron chi connectivity index (χ4n) is 1.61. The zero-order valence-corrected chi connectivity index (χ0v) is 11.2. The Kier molecular flexibility index (Phi) is 3.26. The number of rotatable bonds is 2. The molecule has 18 heavy (non-hydrogen) atoms. The van der Waals surface area contributed by atoms with Gasteiger partial charge in [0.2, 0.25) is 0 Å². The van der Waals surface area contributed by atoms with Gasteiger partial charge in [-0.05, 0) is 26.8 Å². The number of hydrogen-bond donors (Lipinski definition) is 0. The molecule has 0 aliphatic rings. The number of halogens is 1. The van der Waals surface area contributed by atoms with Crippen LogP contribution in [0.15, 0.2) is 18.6 Å². The van der Waals surface area contributed by atoms with Crippen LogP contribution >= 0.6 is 11.6 Å². The van der Waals surface area contributed by atoms with Crippen molar-refractivity contribution in [3.63, 3.8) is 0 Å². The summed E-state index contributed by atoms with van der Waals surface area (Å²) in [5.41, 5.74) is 0.132. The Morgan fingerprint density at radius 1 is 1.44 bits per heavy atom. The first-order valence-corrected chi connectivity index (χ1v) is 5.92. The standard InChI is InChI=1S/C12H14ClN3O2/c1-12(2,3)18-9(17)6-16-5-4-8-10(13)14-7-15-11(8)16/h4-5,7H,6H2,1-3H3. The van der Waals surface area contributed by atoms with Gasteiger partial charge in [0.25, 0.3) is 0 Å². The Bertz CT molecular complexity index is 587. The minimum absolute atomic E-state index is 0.105. The van der Waals surface area contributed by atoms with E-state index in [2.05, 4.69) is 9.97 Å². The van der Waals surface area contributed by atoms with E-state index in [1.165, 1.54) is 6.33 Å². The Morgan fingerprint density at radius 2 is 2.17 bits per heavy atom. The highest BCUT2D eigenvalue weighted by molar-refractivity contribution is 6.33. The molecule has 0 unspecified atom stereocenters. The molecule has 0 atom stereocenters. The average molecular weight is 268 g/mol. The topological polar surface area (TPSA) is 57.0 Å². The first kappa shape index (κ1) is 12.8. The minimum atomic E-state index is -0.493. The second kappa shape index (κ2) is 4.57. The lowest BCUT2D eigenvalue weighted by Gasteiger charge is -2.19. The van der Waals surface area contributed by atoms with Crippen LogP contribution in [0.3, 0.4) is 0 Å². The molecule has 0 aromatic carbocycles. The first-order chi connectivity index (χ1) is 8.37. The average Bonchev–Trinajstić information content (AvgIpc) is 2.60. The Hall–Kier alpha value is -1.62. The largest absolute Gasteiger partial charge is 0.459 e. The second-order valence-electron chi connectivity index (χ2n) is 4.93.